The first kappa shape index (κ1) is 17.9. The Kier molecular flexibility index (Phi) is 4.65. The first-order valence-electron chi connectivity index (χ1n) is 8.88. The lowest BCUT2D eigenvalue weighted by atomic mass is 10.0. The molecule has 0 spiro atoms. The van der Waals surface area contributed by atoms with Gasteiger partial charge in [0.2, 0.25) is 5.91 Å². The molecule has 7 heteroatoms. The summed E-state index contributed by atoms with van der Waals surface area (Å²) in [5.74, 6) is -0.651. The van der Waals surface area contributed by atoms with Crippen molar-refractivity contribution in [1.82, 2.24) is 10.3 Å². The van der Waals surface area contributed by atoms with Crippen LogP contribution in [0.25, 0.3) is 22.0 Å². The van der Waals surface area contributed by atoms with Crippen molar-refractivity contribution >= 4 is 28.6 Å². The third-order valence-corrected chi connectivity index (χ3v) is 4.62. The largest absolute Gasteiger partial charge is 0.442 e. The van der Waals surface area contributed by atoms with Crippen LogP contribution in [0.3, 0.4) is 0 Å². The third kappa shape index (κ3) is 3.51. The molecule has 2 aromatic carbocycles. The molecule has 28 heavy (non-hydrogen) atoms. The maximum absolute atomic E-state index is 14.8. The molecule has 4 rings (SSSR count). The Labute approximate surface area is 160 Å². The van der Waals surface area contributed by atoms with E-state index in [1.807, 2.05) is 30.3 Å². The zero-order valence-corrected chi connectivity index (χ0v) is 15.2. The van der Waals surface area contributed by atoms with Gasteiger partial charge < -0.3 is 10.1 Å². The first-order valence-corrected chi connectivity index (χ1v) is 8.88. The number of benzene rings is 2. The number of carbonyl (C=O) groups is 2. The van der Waals surface area contributed by atoms with Crippen LogP contribution in [0.4, 0.5) is 14.9 Å². The highest BCUT2D eigenvalue weighted by Crippen LogP contribution is 2.30. The van der Waals surface area contributed by atoms with Gasteiger partial charge in [-0.1, -0.05) is 18.2 Å². The SMILES string of the molecule is CC(=O)NCC1CN(c2ccc(-c3cnc4ccccc4c3)c(F)c2)C(=O)O1. The molecule has 142 valence electrons. The molecule has 0 aliphatic carbocycles. The maximum Gasteiger partial charge on any atom is 0.414 e. The van der Waals surface area contributed by atoms with Crippen LogP contribution in [0.15, 0.2) is 54.7 Å². The summed E-state index contributed by atoms with van der Waals surface area (Å²) in [5.41, 5.74) is 2.32. The third-order valence-electron chi connectivity index (χ3n) is 4.62. The van der Waals surface area contributed by atoms with Crippen LogP contribution >= 0.6 is 0 Å². The number of nitrogens with one attached hydrogen (secondary N) is 1. The molecular formula is C21H18FN3O3. The molecule has 0 saturated carbocycles. The van der Waals surface area contributed by atoms with Crippen molar-refractivity contribution in [3.05, 3.63) is 60.5 Å². The van der Waals surface area contributed by atoms with E-state index in [-0.39, 0.29) is 19.0 Å². The highest BCUT2D eigenvalue weighted by atomic mass is 19.1. The standard InChI is InChI=1S/C21H18FN3O3/c1-13(26)23-11-17-12-25(21(27)28-17)16-6-7-18(19(22)9-16)15-8-14-4-2-3-5-20(14)24-10-15/h2-10,17H,11-12H2,1H3,(H,23,26). The van der Waals surface area contributed by atoms with E-state index in [4.69, 9.17) is 4.74 Å². The summed E-state index contributed by atoms with van der Waals surface area (Å²) in [7, 11) is 0. The van der Waals surface area contributed by atoms with E-state index in [2.05, 4.69) is 10.3 Å². The number of hydrogen-bond donors (Lipinski definition) is 1. The minimum Gasteiger partial charge on any atom is -0.442 e. The van der Waals surface area contributed by atoms with Crippen molar-refractivity contribution < 1.29 is 18.7 Å². The van der Waals surface area contributed by atoms with Crippen LogP contribution in [0.5, 0.6) is 0 Å². The molecule has 3 aromatic rings. The molecule has 1 N–H and O–H groups in total. The summed E-state index contributed by atoms with van der Waals surface area (Å²) >= 11 is 0. The van der Waals surface area contributed by atoms with Gasteiger partial charge in [-0.25, -0.2) is 9.18 Å². The highest BCUT2D eigenvalue weighted by Gasteiger charge is 2.32. The normalized spacial score (nSPS) is 16.3. The molecule has 0 radical (unpaired) electrons. The minimum absolute atomic E-state index is 0.200. The Balaban J connectivity index is 1.57. The Morgan fingerprint density at radius 3 is 2.89 bits per heavy atom. The van der Waals surface area contributed by atoms with Crippen molar-refractivity contribution in [2.75, 3.05) is 18.0 Å². The minimum atomic E-state index is -0.560. The Morgan fingerprint density at radius 1 is 1.29 bits per heavy atom. The van der Waals surface area contributed by atoms with Gasteiger partial charge in [-0.05, 0) is 30.3 Å². The zero-order chi connectivity index (χ0) is 19.7. The predicted octanol–water partition coefficient (Wildman–Crippen LogP) is 3.50. The van der Waals surface area contributed by atoms with E-state index in [0.29, 0.717) is 16.8 Å². The van der Waals surface area contributed by atoms with Crippen molar-refractivity contribution in [3.63, 3.8) is 0 Å². The molecule has 1 fully saturated rings. The van der Waals surface area contributed by atoms with E-state index >= 15 is 0 Å². The fourth-order valence-electron chi connectivity index (χ4n) is 3.22. The number of nitrogens with zero attached hydrogens (tertiary/aromatic N) is 2. The number of amides is 2. The molecule has 2 heterocycles. The van der Waals surface area contributed by atoms with E-state index in [9.17, 15) is 14.0 Å². The highest BCUT2D eigenvalue weighted by molar-refractivity contribution is 5.90. The van der Waals surface area contributed by atoms with E-state index in [0.717, 1.165) is 10.9 Å². The van der Waals surface area contributed by atoms with Gasteiger partial charge in [0.25, 0.3) is 0 Å². The van der Waals surface area contributed by atoms with E-state index in [1.165, 1.54) is 17.9 Å². The number of hydrogen-bond acceptors (Lipinski definition) is 4. The molecular weight excluding hydrogens is 361 g/mol. The van der Waals surface area contributed by atoms with E-state index < -0.39 is 18.0 Å². The lowest BCUT2D eigenvalue weighted by Gasteiger charge is -2.14. The fraction of sp³-hybridized carbons (Fsp3) is 0.190. The number of anilines is 1. The summed E-state index contributed by atoms with van der Waals surface area (Å²) in [6.07, 6.45) is 0.604. The van der Waals surface area contributed by atoms with Gasteiger partial charge in [-0.15, -0.1) is 0 Å². The summed E-state index contributed by atoms with van der Waals surface area (Å²) in [6.45, 7) is 1.86. The second-order valence-corrected chi connectivity index (χ2v) is 6.63. The van der Waals surface area contributed by atoms with Crippen LogP contribution in [0.1, 0.15) is 6.92 Å². The molecule has 0 bridgehead atoms. The molecule has 2 amide bonds. The number of para-hydroxylation sites is 1. The lowest BCUT2D eigenvalue weighted by molar-refractivity contribution is -0.119. The van der Waals surface area contributed by atoms with Crippen LogP contribution < -0.4 is 10.2 Å². The van der Waals surface area contributed by atoms with Crippen molar-refractivity contribution in [2.24, 2.45) is 0 Å². The number of halogens is 1. The second kappa shape index (κ2) is 7.26. The quantitative estimate of drug-likeness (QED) is 0.753. The van der Waals surface area contributed by atoms with Crippen LogP contribution in [0, 0.1) is 5.82 Å². The van der Waals surface area contributed by atoms with Crippen molar-refractivity contribution in [1.29, 1.82) is 0 Å². The van der Waals surface area contributed by atoms with Crippen molar-refractivity contribution in [3.8, 4) is 11.1 Å². The van der Waals surface area contributed by atoms with Gasteiger partial charge in [0, 0.05) is 29.6 Å². The van der Waals surface area contributed by atoms with Gasteiger partial charge in [0.05, 0.1) is 24.3 Å². The smallest absolute Gasteiger partial charge is 0.414 e. The Bertz CT molecular complexity index is 1070. The first-order chi connectivity index (χ1) is 13.5. The van der Waals surface area contributed by atoms with Gasteiger partial charge in [0.1, 0.15) is 11.9 Å². The summed E-state index contributed by atoms with van der Waals surface area (Å²) in [6, 6.07) is 14.1. The molecule has 1 saturated heterocycles. The number of rotatable bonds is 4. The number of aromatic nitrogens is 1. The maximum atomic E-state index is 14.8. The van der Waals surface area contributed by atoms with E-state index in [1.54, 1.807) is 18.3 Å². The molecule has 1 unspecified atom stereocenters. The number of cyclic esters (lactones) is 1. The number of pyridine rings is 1. The molecule has 1 aliphatic rings. The summed E-state index contributed by atoms with van der Waals surface area (Å²) in [5, 5.41) is 3.54. The van der Waals surface area contributed by atoms with Crippen LogP contribution in [-0.2, 0) is 9.53 Å². The number of ether oxygens (including phenoxy) is 1. The van der Waals surface area contributed by atoms with Gasteiger partial charge in [0.15, 0.2) is 0 Å². The monoisotopic (exact) mass is 379 g/mol. The van der Waals surface area contributed by atoms with Gasteiger partial charge in [-0.2, -0.15) is 0 Å². The summed E-state index contributed by atoms with van der Waals surface area (Å²) in [4.78, 5) is 28.8. The number of fused-ring (bicyclic) bond motifs is 1. The van der Waals surface area contributed by atoms with Gasteiger partial charge in [-0.3, -0.25) is 14.7 Å². The predicted molar refractivity (Wildman–Crippen MR) is 103 cm³/mol. The second-order valence-electron chi connectivity index (χ2n) is 6.63. The summed E-state index contributed by atoms with van der Waals surface area (Å²) < 4.78 is 20.0. The van der Waals surface area contributed by atoms with Crippen LogP contribution in [0.2, 0.25) is 0 Å². The van der Waals surface area contributed by atoms with Crippen LogP contribution in [-0.4, -0.2) is 36.2 Å². The molecule has 1 atom stereocenters. The number of carbonyl (C=O) groups excluding carboxylic acids is 2. The Hall–Kier alpha value is -3.48. The average molecular weight is 379 g/mol. The van der Waals surface area contributed by atoms with Crippen molar-refractivity contribution in [2.45, 2.75) is 13.0 Å². The Morgan fingerprint density at radius 2 is 2.11 bits per heavy atom. The molecule has 1 aliphatic heterocycles. The lowest BCUT2D eigenvalue weighted by Crippen LogP contribution is -2.33. The zero-order valence-electron chi connectivity index (χ0n) is 15.2. The average Bonchev–Trinajstić information content (AvgIpc) is 3.06. The topological polar surface area (TPSA) is 71.5 Å². The fourth-order valence-corrected chi connectivity index (χ4v) is 3.22. The van der Waals surface area contributed by atoms with Gasteiger partial charge >= 0.3 is 6.09 Å². The molecule has 1 aromatic heterocycles. The molecule has 6 nitrogen and oxygen atoms in total.